The fraction of sp³-hybridized carbons (Fsp3) is 0. The molecule has 0 fully saturated rings. The van der Waals surface area contributed by atoms with Crippen molar-refractivity contribution < 1.29 is 0 Å². The van der Waals surface area contributed by atoms with Crippen molar-refractivity contribution in [2.75, 3.05) is 0 Å². The zero-order chi connectivity index (χ0) is 7.68. The summed E-state index contributed by atoms with van der Waals surface area (Å²) >= 11 is 2.83. The van der Waals surface area contributed by atoms with Gasteiger partial charge < -0.3 is 0 Å². The van der Waals surface area contributed by atoms with Crippen molar-refractivity contribution in [3.8, 4) is 0 Å². The predicted octanol–water partition coefficient (Wildman–Crippen LogP) is 1.26. The number of H-pyrrole nitrogens is 1. The molecule has 0 unspecified atom stereocenters. The zero-order valence-corrected chi connectivity index (χ0v) is 7.46. The molecule has 0 amide bonds. The number of rotatable bonds is 0. The van der Waals surface area contributed by atoms with Crippen LogP contribution in [0.15, 0.2) is 30.5 Å². The summed E-state index contributed by atoms with van der Waals surface area (Å²) in [7, 11) is 0. The van der Waals surface area contributed by atoms with Crippen LogP contribution in [0.25, 0.3) is 10.9 Å². The summed E-state index contributed by atoms with van der Waals surface area (Å²) < 4.78 is 0.823. The third-order valence-corrected chi connectivity index (χ3v) is 1.96. The number of fused-ring (bicyclic) bond motifs is 1. The third-order valence-electron chi connectivity index (χ3n) is 1.52. The number of aromatic nitrogens is 2. The normalized spacial score (nSPS) is 10.2. The summed E-state index contributed by atoms with van der Waals surface area (Å²) in [6.45, 7) is 0. The van der Waals surface area contributed by atoms with Gasteiger partial charge in [0.05, 0.1) is 0 Å². The Kier molecular flexibility index (Phi) is 1.60. The minimum absolute atomic E-state index is 0.823. The van der Waals surface area contributed by atoms with Gasteiger partial charge in [-0.05, 0) is 0 Å². The van der Waals surface area contributed by atoms with Gasteiger partial charge in [-0.2, -0.15) is 0 Å². The van der Waals surface area contributed by atoms with Crippen LogP contribution in [0.5, 0.6) is 0 Å². The topological polar surface area (TPSA) is 28.7 Å². The van der Waals surface area contributed by atoms with E-state index in [9.17, 15) is 0 Å². The molecule has 0 saturated heterocycles. The molecule has 2 nitrogen and oxygen atoms in total. The van der Waals surface area contributed by atoms with E-state index < -0.39 is 0 Å². The molecular formula is C8H6N2Se. The van der Waals surface area contributed by atoms with E-state index in [-0.39, 0.29) is 0 Å². The second-order valence-electron chi connectivity index (χ2n) is 2.28. The molecule has 1 N–H and O–H groups in total. The summed E-state index contributed by atoms with van der Waals surface area (Å²) in [5.74, 6) is 0. The van der Waals surface area contributed by atoms with Crippen molar-refractivity contribution in [1.82, 2.24) is 9.97 Å². The quantitative estimate of drug-likeness (QED) is 0.650. The van der Waals surface area contributed by atoms with Crippen LogP contribution in [0.1, 0.15) is 0 Å². The summed E-state index contributed by atoms with van der Waals surface area (Å²) in [6.07, 6.45) is 1.84. The van der Waals surface area contributed by atoms with E-state index in [1.165, 1.54) is 0 Å². The SMILES string of the molecule is [Se]=c1ncc2ccccc2[nH]1. The molecule has 54 valence electrons. The first-order chi connectivity index (χ1) is 5.36. The summed E-state index contributed by atoms with van der Waals surface area (Å²) in [6, 6.07) is 8.05. The van der Waals surface area contributed by atoms with Gasteiger partial charge in [0.1, 0.15) is 0 Å². The van der Waals surface area contributed by atoms with Crippen molar-refractivity contribution in [3.05, 3.63) is 34.8 Å². The van der Waals surface area contributed by atoms with E-state index in [0.717, 1.165) is 15.2 Å². The average molecular weight is 209 g/mol. The maximum atomic E-state index is 4.10. The van der Waals surface area contributed by atoms with E-state index in [1.54, 1.807) is 0 Å². The molecule has 0 atom stereocenters. The molecule has 3 heteroatoms. The fourth-order valence-electron chi connectivity index (χ4n) is 0.999. The molecule has 1 heterocycles. The predicted molar refractivity (Wildman–Crippen MR) is 45.1 cm³/mol. The van der Waals surface area contributed by atoms with Crippen LogP contribution in [-0.2, 0) is 0 Å². The van der Waals surface area contributed by atoms with E-state index in [0.29, 0.717) is 0 Å². The van der Waals surface area contributed by atoms with Crippen molar-refractivity contribution in [3.63, 3.8) is 0 Å². The van der Waals surface area contributed by atoms with Gasteiger partial charge in [-0.25, -0.2) is 0 Å². The van der Waals surface area contributed by atoms with Crippen LogP contribution >= 0.6 is 0 Å². The fourth-order valence-corrected chi connectivity index (χ4v) is 1.34. The molecule has 0 aliphatic carbocycles. The number of benzene rings is 1. The van der Waals surface area contributed by atoms with Crippen LogP contribution in [0.3, 0.4) is 0 Å². The number of aromatic amines is 1. The Morgan fingerprint density at radius 2 is 2.09 bits per heavy atom. The average Bonchev–Trinajstić information content (AvgIpc) is 2.04. The van der Waals surface area contributed by atoms with E-state index in [2.05, 4.69) is 25.5 Å². The molecule has 0 radical (unpaired) electrons. The van der Waals surface area contributed by atoms with Gasteiger partial charge in [-0.3, -0.25) is 0 Å². The van der Waals surface area contributed by atoms with Crippen molar-refractivity contribution in [2.45, 2.75) is 0 Å². The second kappa shape index (κ2) is 2.61. The van der Waals surface area contributed by atoms with Gasteiger partial charge in [-0.1, -0.05) is 0 Å². The molecule has 2 aromatic rings. The van der Waals surface area contributed by atoms with Crippen LogP contribution in [0, 0.1) is 4.32 Å². The minimum atomic E-state index is 0.823. The number of para-hydroxylation sites is 1. The third kappa shape index (κ3) is 1.25. The molecule has 0 spiro atoms. The van der Waals surface area contributed by atoms with Gasteiger partial charge in [0.2, 0.25) is 0 Å². The zero-order valence-electron chi connectivity index (χ0n) is 5.74. The molecular weight excluding hydrogens is 203 g/mol. The first-order valence-electron chi connectivity index (χ1n) is 3.30. The maximum absolute atomic E-state index is 4.10. The van der Waals surface area contributed by atoms with Gasteiger partial charge in [0, 0.05) is 0 Å². The molecule has 1 aromatic carbocycles. The van der Waals surface area contributed by atoms with Gasteiger partial charge in [-0.15, -0.1) is 0 Å². The molecule has 0 saturated carbocycles. The first kappa shape index (κ1) is 6.77. The number of nitrogens with one attached hydrogen (secondary N) is 1. The van der Waals surface area contributed by atoms with Gasteiger partial charge in [0.25, 0.3) is 0 Å². The molecule has 0 bridgehead atoms. The number of nitrogens with zero attached hydrogens (tertiary/aromatic N) is 1. The van der Waals surface area contributed by atoms with Gasteiger partial charge in [0.15, 0.2) is 0 Å². The Hall–Kier alpha value is -0.921. The summed E-state index contributed by atoms with van der Waals surface area (Å²) in [4.78, 5) is 7.22. The van der Waals surface area contributed by atoms with Crippen LogP contribution in [0.4, 0.5) is 0 Å². The first-order valence-corrected chi connectivity index (χ1v) is 4.16. The van der Waals surface area contributed by atoms with E-state index in [1.807, 2.05) is 30.5 Å². The Labute approximate surface area is 71.7 Å². The van der Waals surface area contributed by atoms with Crippen LogP contribution in [-0.4, -0.2) is 25.5 Å². The van der Waals surface area contributed by atoms with Crippen LogP contribution < -0.4 is 0 Å². The molecule has 0 aliphatic rings. The summed E-state index contributed by atoms with van der Waals surface area (Å²) in [5.41, 5.74) is 1.11. The monoisotopic (exact) mass is 210 g/mol. The number of hydrogen-bond acceptors (Lipinski definition) is 1. The standard InChI is InChI=1S/C8H6N2Se/c11-8-9-5-6-3-1-2-4-7(6)10-8/h1-5H,(H,9,10,11). The van der Waals surface area contributed by atoms with Crippen LogP contribution in [0.2, 0.25) is 0 Å². The van der Waals surface area contributed by atoms with Crippen molar-refractivity contribution in [2.24, 2.45) is 0 Å². The molecule has 1 aromatic heterocycles. The second-order valence-corrected chi connectivity index (χ2v) is 3.09. The molecule has 2 rings (SSSR count). The van der Waals surface area contributed by atoms with E-state index in [4.69, 9.17) is 0 Å². The Morgan fingerprint density at radius 1 is 1.27 bits per heavy atom. The molecule has 0 aliphatic heterocycles. The van der Waals surface area contributed by atoms with E-state index >= 15 is 0 Å². The Bertz CT molecular complexity index is 433. The Balaban J connectivity index is 2.94. The Morgan fingerprint density at radius 3 is 3.00 bits per heavy atom. The summed E-state index contributed by atoms with van der Waals surface area (Å²) in [5, 5.41) is 1.13. The van der Waals surface area contributed by atoms with Gasteiger partial charge >= 0.3 is 71.2 Å². The van der Waals surface area contributed by atoms with Crippen molar-refractivity contribution >= 4 is 26.5 Å². The molecule has 11 heavy (non-hydrogen) atoms. The van der Waals surface area contributed by atoms with Crippen molar-refractivity contribution in [1.29, 1.82) is 0 Å². The number of hydrogen-bond donors (Lipinski definition) is 1.